The molecule has 186 valence electrons. The van der Waals surface area contributed by atoms with Crippen LogP contribution >= 0.6 is 23.7 Å². The zero-order valence-electron chi connectivity index (χ0n) is 19.5. The second-order valence-electron chi connectivity index (χ2n) is 7.81. The van der Waals surface area contributed by atoms with Crippen LogP contribution in [0.5, 0.6) is 0 Å². The van der Waals surface area contributed by atoms with Gasteiger partial charge in [0.1, 0.15) is 0 Å². The summed E-state index contributed by atoms with van der Waals surface area (Å²) >= 11 is 2.66. The first-order valence-corrected chi connectivity index (χ1v) is 13.0. The maximum Gasteiger partial charge on any atom is 0.303 e. The lowest BCUT2D eigenvalue weighted by atomic mass is 10.1. The minimum Gasteiger partial charge on any atom is -0.481 e. The van der Waals surface area contributed by atoms with Crippen LogP contribution in [-0.4, -0.2) is 88.4 Å². The van der Waals surface area contributed by atoms with Crippen LogP contribution in [0.2, 0.25) is 0 Å². The van der Waals surface area contributed by atoms with Crippen molar-refractivity contribution in [3.63, 3.8) is 0 Å². The van der Waals surface area contributed by atoms with E-state index in [4.69, 9.17) is 5.11 Å². The molecule has 0 aliphatic rings. The number of hydrogen-bond donors (Lipinski definition) is 6. The Hall–Kier alpha value is -1.34. The van der Waals surface area contributed by atoms with E-state index >= 15 is 0 Å². The Morgan fingerprint density at radius 1 is 0.969 bits per heavy atom. The summed E-state index contributed by atoms with van der Waals surface area (Å²) in [4.78, 5) is 47.7. The summed E-state index contributed by atoms with van der Waals surface area (Å²) in [7, 11) is 0. The molecule has 0 saturated carbocycles. The summed E-state index contributed by atoms with van der Waals surface area (Å²) in [6, 6.07) is -1.76. The molecular weight excluding hydrogens is 456 g/mol. The summed E-state index contributed by atoms with van der Waals surface area (Å²) in [5.41, 5.74) is 0. The van der Waals surface area contributed by atoms with Crippen molar-refractivity contribution in [1.82, 2.24) is 20.7 Å². The van der Waals surface area contributed by atoms with Crippen molar-refractivity contribution in [2.24, 2.45) is 0 Å². The van der Waals surface area contributed by atoms with Gasteiger partial charge in [-0.3, -0.25) is 23.9 Å². The van der Waals surface area contributed by atoms with Gasteiger partial charge in [0.2, 0.25) is 11.8 Å². The van der Waals surface area contributed by atoms with E-state index in [0.29, 0.717) is 17.9 Å². The number of ketones is 1. The van der Waals surface area contributed by atoms with Gasteiger partial charge in [-0.05, 0) is 38.7 Å². The smallest absolute Gasteiger partial charge is 0.303 e. The van der Waals surface area contributed by atoms with Gasteiger partial charge >= 0.3 is 5.97 Å². The lowest BCUT2D eigenvalue weighted by Gasteiger charge is -2.22. The maximum atomic E-state index is 12.5. The molecule has 0 aliphatic heterocycles. The molecule has 0 unspecified atom stereocenters. The number of thioether (sulfide) groups is 1. The quantitative estimate of drug-likeness (QED) is 0.114. The van der Waals surface area contributed by atoms with Crippen molar-refractivity contribution in [2.75, 3.05) is 24.3 Å². The predicted octanol–water partition coefficient (Wildman–Crippen LogP) is 0.148. The number of aliphatic carboxylic acids is 1. The molecule has 12 heteroatoms. The van der Waals surface area contributed by atoms with Crippen molar-refractivity contribution in [1.29, 1.82) is 0 Å². The van der Waals surface area contributed by atoms with Gasteiger partial charge in [0.05, 0.1) is 24.2 Å². The fourth-order valence-corrected chi connectivity index (χ4v) is 4.29. The van der Waals surface area contributed by atoms with E-state index in [0.717, 1.165) is 0 Å². The zero-order chi connectivity index (χ0) is 24.7. The third-order valence-electron chi connectivity index (χ3n) is 4.29. The summed E-state index contributed by atoms with van der Waals surface area (Å²) in [5, 5.41) is 26.8. The standard InChI is InChI=1S/C20H38N4O6S2/c1-12(2)22-15(19(29)21-10-13(3)25)8-9-32-11-17(14(4)26)23-20(30)16(24-31-5)6-7-18(27)28/h12-13,15-17,22,24-25H,6-11H2,1-5H3,(H,21,29)(H,23,30)(H,27,28)/t13-,15+,16+,17+/m1/s1. The lowest BCUT2D eigenvalue weighted by molar-refractivity contribution is -0.137. The number of aliphatic hydroxyl groups is 1. The molecule has 32 heavy (non-hydrogen) atoms. The Morgan fingerprint density at radius 2 is 1.62 bits per heavy atom. The Kier molecular flexibility index (Phi) is 16.5. The first kappa shape index (κ1) is 30.7. The van der Waals surface area contributed by atoms with Gasteiger partial charge in [0.25, 0.3) is 0 Å². The normalized spacial score (nSPS) is 15.0. The number of carbonyl (C=O) groups is 4. The van der Waals surface area contributed by atoms with Gasteiger partial charge in [-0.15, -0.1) is 0 Å². The summed E-state index contributed by atoms with van der Waals surface area (Å²) < 4.78 is 2.87. The Bertz CT molecular complexity index is 607. The molecule has 0 radical (unpaired) electrons. The zero-order valence-corrected chi connectivity index (χ0v) is 21.1. The van der Waals surface area contributed by atoms with Crippen LogP contribution in [0, 0.1) is 0 Å². The molecule has 0 aromatic heterocycles. The first-order chi connectivity index (χ1) is 15.0. The van der Waals surface area contributed by atoms with Crippen LogP contribution < -0.4 is 20.7 Å². The van der Waals surface area contributed by atoms with E-state index in [1.165, 1.54) is 30.6 Å². The van der Waals surface area contributed by atoms with E-state index in [1.807, 2.05) is 13.8 Å². The number of aliphatic hydroxyl groups excluding tert-OH is 1. The average Bonchev–Trinajstić information content (AvgIpc) is 2.69. The fraction of sp³-hybridized carbons (Fsp3) is 0.800. The third kappa shape index (κ3) is 14.7. The number of nitrogens with one attached hydrogen (secondary N) is 4. The second kappa shape index (κ2) is 17.2. The van der Waals surface area contributed by atoms with Gasteiger partial charge in [0.15, 0.2) is 5.78 Å². The van der Waals surface area contributed by atoms with Crippen LogP contribution in [-0.2, 0) is 19.2 Å². The van der Waals surface area contributed by atoms with Crippen LogP contribution in [0.15, 0.2) is 0 Å². The van der Waals surface area contributed by atoms with Crippen LogP contribution in [0.4, 0.5) is 0 Å². The van der Waals surface area contributed by atoms with E-state index < -0.39 is 36.1 Å². The van der Waals surface area contributed by atoms with E-state index in [2.05, 4.69) is 20.7 Å². The molecule has 10 nitrogen and oxygen atoms in total. The molecule has 0 rings (SSSR count). The van der Waals surface area contributed by atoms with Crippen LogP contribution in [0.1, 0.15) is 47.0 Å². The first-order valence-electron chi connectivity index (χ1n) is 10.6. The van der Waals surface area contributed by atoms with Crippen LogP contribution in [0.25, 0.3) is 0 Å². The SMILES string of the molecule is CSN[C@@H](CCC(=O)O)C(=O)N[C@@H](CSCC[C@H](NC(C)C)C(=O)NC[C@@H](C)O)C(C)=O. The molecule has 6 N–H and O–H groups in total. The molecule has 0 bridgehead atoms. The van der Waals surface area contributed by atoms with E-state index in [9.17, 15) is 24.3 Å². The minimum absolute atomic E-state index is 0.0956. The highest BCUT2D eigenvalue weighted by molar-refractivity contribution is 7.99. The van der Waals surface area contributed by atoms with Gasteiger partial charge < -0.3 is 26.2 Å². The Morgan fingerprint density at radius 3 is 2.12 bits per heavy atom. The molecule has 0 aliphatic carbocycles. The summed E-state index contributed by atoms with van der Waals surface area (Å²) in [5.74, 6) is -0.878. The van der Waals surface area contributed by atoms with Crippen molar-refractivity contribution in [3.05, 3.63) is 0 Å². The molecule has 4 atom stereocenters. The number of carboxylic acid groups (broad SMARTS) is 1. The predicted molar refractivity (Wildman–Crippen MR) is 129 cm³/mol. The largest absolute Gasteiger partial charge is 0.481 e. The fourth-order valence-electron chi connectivity index (χ4n) is 2.65. The van der Waals surface area contributed by atoms with Crippen molar-refractivity contribution < 1.29 is 29.4 Å². The molecule has 0 heterocycles. The number of rotatable bonds is 18. The molecule has 0 saturated heterocycles. The van der Waals surface area contributed by atoms with Gasteiger partial charge in [-0.2, -0.15) is 11.8 Å². The molecule has 0 aromatic carbocycles. The molecule has 0 fully saturated rings. The highest BCUT2D eigenvalue weighted by Gasteiger charge is 2.25. The van der Waals surface area contributed by atoms with Gasteiger partial charge in [-0.25, -0.2) is 0 Å². The monoisotopic (exact) mass is 494 g/mol. The lowest BCUT2D eigenvalue weighted by Crippen LogP contribution is -2.49. The summed E-state index contributed by atoms with van der Waals surface area (Å²) in [6.07, 6.45) is 1.57. The highest BCUT2D eigenvalue weighted by atomic mass is 32.2. The third-order valence-corrected chi connectivity index (χ3v) is 5.90. The summed E-state index contributed by atoms with van der Waals surface area (Å²) in [6.45, 7) is 7.04. The molecule has 2 amide bonds. The highest BCUT2D eigenvalue weighted by Crippen LogP contribution is 2.10. The number of Topliss-reactive ketones (excluding diaryl/α,β-unsaturated/α-hetero) is 1. The van der Waals surface area contributed by atoms with Gasteiger partial charge in [0, 0.05) is 24.8 Å². The Labute approximate surface area is 198 Å². The van der Waals surface area contributed by atoms with Gasteiger partial charge in [-0.1, -0.05) is 25.8 Å². The average molecular weight is 495 g/mol. The number of hydrogen-bond acceptors (Lipinski definition) is 9. The van der Waals surface area contributed by atoms with Crippen LogP contribution in [0.3, 0.4) is 0 Å². The minimum atomic E-state index is -0.994. The topological polar surface area (TPSA) is 157 Å². The molecule has 0 spiro atoms. The number of carbonyl (C=O) groups excluding carboxylic acids is 3. The molecular formula is C20H38N4O6S2. The maximum absolute atomic E-state index is 12.5. The van der Waals surface area contributed by atoms with Crippen molar-refractivity contribution in [3.8, 4) is 0 Å². The van der Waals surface area contributed by atoms with Crippen molar-refractivity contribution >= 4 is 47.3 Å². The molecule has 0 aromatic rings. The Balaban J connectivity index is 4.74. The van der Waals surface area contributed by atoms with Crippen molar-refractivity contribution in [2.45, 2.75) is 77.2 Å². The number of amides is 2. The number of carboxylic acids is 1. The van der Waals surface area contributed by atoms with E-state index in [-0.39, 0.29) is 37.1 Å². The second-order valence-corrected chi connectivity index (χ2v) is 9.60. The van der Waals surface area contributed by atoms with E-state index in [1.54, 1.807) is 13.2 Å².